The summed E-state index contributed by atoms with van der Waals surface area (Å²) >= 11 is 0. The van der Waals surface area contributed by atoms with Gasteiger partial charge in [0, 0.05) is 13.6 Å². The van der Waals surface area contributed by atoms with E-state index in [9.17, 15) is 17.6 Å². The lowest BCUT2D eigenvalue weighted by Crippen LogP contribution is -2.31. The van der Waals surface area contributed by atoms with E-state index in [0.29, 0.717) is 6.54 Å². The number of hydrogen-bond donors (Lipinski definition) is 1. The third-order valence-electron chi connectivity index (χ3n) is 2.48. The molecule has 19 heavy (non-hydrogen) atoms. The van der Waals surface area contributed by atoms with Gasteiger partial charge in [0.15, 0.2) is 18.2 Å². The Labute approximate surface area is 111 Å². The van der Waals surface area contributed by atoms with Crippen molar-refractivity contribution in [3.05, 3.63) is 24.0 Å². The van der Waals surface area contributed by atoms with Crippen LogP contribution in [0.25, 0.3) is 0 Å². The van der Waals surface area contributed by atoms with Crippen LogP contribution in [-0.4, -0.2) is 39.4 Å². The van der Waals surface area contributed by atoms with Crippen LogP contribution in [-0.2, 0) is 14.8 Å². The van der Waals surface area contributed by atoms with Gasteiger partial charge in [0.1, 0.15) is 0 Å². The van der Waals surface area contributed by atoms with Crippen LogP contribution in [0.5, 0.6) is 5.75 Å². The van der Waals surface area contributed by atoms with E-state index >= 15 is 0 Å². The van der Waals surface area contributed by atoms with Crippen molar-refractivity contribution in [1.29, 1.82) is 0 Å². The molecule has 1 rings (SSSR count). The molecule has 106 valence electrons. The molecule has 0 unspecified atom stereocenters. The van der Waals surface area contributed by atoms with Gasteiger partial charge in [-0.05, 0) is 25.1 Å². The molecular formula is C11H15FN2O4S. The molecule has 0 heterocycles. The number of primary sulfonamides is 1. The van der Waals surface area contributed by atoms with Crippen LogP contribution in [0.2, 0.25) is 0 Å². The SMILES string of the molecule is CCN(C)C(=O)COc1ccc(S(N)(=O)=O)cc1F. The van der Waals surface area contributed by atoms with Crippen LogP contribution >= 0.6 is 0 Å². The van der Waals surface area contributed by atoms with E-state index in [4.69, 9.17) is 9.88 Å². The fourth-order valence-corrected chi connectivity index (χ4v) is 1.73. The Hall–Kier alpha value is -1.67. The van der Waals surface area contributed by atoms with Crippen molar-refractivity contribution in [2.24, 2.45) is 5.14 Å². The number of halogens is 1. The van der Waals surface area contributed by atoms with Crippen LogP contribution in [0.4, 0.5) is 4.39 Å². The Balaban J connectivity index is 2.79. The lowest BCUT2D eigenvalue weighted by atomic mass is 10.3. The van der Waals surface area contributed by atoms with Crippen molar-refractivity contribution in [2.45, 2.75) is 11.8 Å². The largest absolute Gasteiger partial charge is 0.481 e. The molecule has 0 aromatic heterocycles. The van der Waals surface area contributed by atoms with Gasteiger partial charge < -0.3 is 9.64 Å². The standard InChI is InChI=1S/C11H15FN2O4S/c1-3-14(2)11(15)7-18-10-5-4-8(6-9(10)12)19(13,16)17/h4-6H,3,7H2,1-2H3,(H2,13,16,17). The molecule has 0 spiro atoms. The van der Waals surface area contributed by atoms with Crippen LogP contribution in [0.3, 0.4) is 0 Å². The maximum absolute atomic E-state index is 13.5. The first-order valence-electron chi connectivity index (χ1n) is 5.44. The highest BCUT2D eigenvalue weighted by Gasteiger charge is 2.14. The first-order valence-corrected chi connectivity index (χ1v) is 6.99. The normalized spacial score (nSPS) is 11.2. The third-order valence-corrected chi connectivity index (χ3v) is 3.39. The molecule has 0 saturated carbocycles. The fraction of sp³-hybridized carbons (Fsp3) is 0.364. The maximum Gasteiger partial charge on any atom is 0.260 e. The van der Waals surface area contributed by atoms with E-state index in [0.717, 1.165) is 18.2 Å². The summed E-state index contributed by atoms with van der Waals surface area (Å²) in [6.07, 6.45) is 0. The summed E-state index contributed by atoms with van der Waals surface area (Å²) in [5, 5.41) is 4.86. The number of hydrogen-bond acceptors (Lipinski definition) is 4. The van der Waals surface area contributed by atoms with E-state index < -0.39 is 15.8 Å². The number of likely N-dealkylation sites (N-methyl/N-ethyl adjacent to an activating group) is 1. The number of amides is 1. The molecule has 2 N–H and O–H groups in total. The molecule has 0 fully saturated rings. The zero-order valence-corrected chi connectivity index (χ0v) is 11.4. The van der Waals surface area contributed by atoms with Gasteiger partial charge in [-0.1, -0.05) is 0 Å². The highest BCUT2D eigenvalue weighted by molar-refractivity contribution is 7.89. The zero-order chi connectivity index (χ0) is 14.6. The van der Waals surface area contributed by atoms with Crippen molar-refractivity contribution < 1.29 is 22.3 Å². The van der Waals surface area contributed by atoms with E-state index in [1.165, 1.54) is 4.90 Å². The molecule has 0 radical (unpaired) electrons. The lowest BCUT2D eigenvalue weighted by molar-refractivity contribution is -0.131. The average Bonchev–Trinajstić information content (AvgIpc) is 2.34. The summed E-state index contributed by atoms with van der Waals surface area (Å²) < 4.78 is 40.5. The van der Waals surface area contributed by atoms with Crippen LogP contribution in [0, 0.1) is 5.82 Å². The summed E-state index contributed by atoms with van der Waals surface area (Å²) in [5.41, 5.74) is 0. The number of nitrogens with zero attached hydrogens (tertiary/aromatic N) is 1. The number of carbonyl (C=O) groups excluding carboxylic acids is 1. The van der Waals surface area contributed by atoms with Gasteiger partial charge in [0.05, 0.1) is 4.90 Å². The zero-order valence-electron chi connectivity index (χ0n) is 10.6. The second-order valence-corrected chi connectivity index (χ2v) is 5.40. The molecule has 0 atom stereocenters. The molecule has 1 amide bonds. The number of rotatable bonds is 5. The Morgan fingerprint density at radius 3 is 2.58 bits per heavy atom. The van der Waals surface area contributed by atoms with Gasteiger partial charge in [-0.15, -0.1) is 0 Å². The number of nitrogens with two attached hydrogens (primary N) is 1. The van der Waals surface area contributed by atoms with Crippen LogP contribution < -0.4 is 9.88 Å². The lowest BCUT2D eigenvalue weighted by Gasteiger charge is -2.15. The molecular weight excluding hydrogens is 275 g/mol. The summed E-state index contributed by atoms with van der Waals surface area (Å²) in [7, 11) is -2.37. The minimum Gasteiger partial charge on any atom is -0.481 e. The number of benzene rings is 1. The summed E-state index contributed by atoms with van der Waals surface area (Å²) in [4.78, 5) is 12.5. The van der Waals surface area contributed by atoms with E-state index in [1.54, 1.807) is 14.0 Å². The number of carbonyl (C=O) groups is 1. The van der Waals surface area contributed by atoms with Crippen molar-refractivity contribution >= 4 is 15.9 Å². The summed E-state index contributed by atoms with van der Waals surface area (Å²) in [5.74, 6) is -1.40. The molecule has 0 aliphatic carbocycles. The molecule has 8 heteroatoms. The highest BCUT2D eigenvalue weighted by Crippen LogP contribution is 2.20. The Bertz CT molecular complexity index is 574. The predicted molar refractivity (Wildman–Crippen MR) is 66.6 cm³/mol. The van der Waals surface area contributed by atoms with Crippen molar-refractivity contribution in [2.75, 3.05) is 20.2 Å². The molecule has 0 bridgehead atoms. The predicted octanol–water partition coefficient (Wildman–Crippen LogP) is 0.330. The second-order valence-electron chi connectivity index (χ2n) is 3.83. The molecule has 0 aliphatic rings. The first kappa shape index (κ1) is 15.4. The minimum atomic E-state index is -3.96. The first-order chi connectivity index (χ1) is 8.75. The van der Waals surface area contributed by atoms with Crippen molar-refractivity contribution in [3.8, 4) is 5.75 Å². The topological polar surface area (TPSA) is 89.7 Å². The number of sulfonamides is 1. The van der Waals surface area contributed by atoms with E-state index in [-0.39, 0.29) is 23.2 Å². The summed E-state index contributed by atoms with van der Waals surface area (Å²) in [6, 6.07) is 2.98. The van der Waals surface area contributed by atoms with Gasteiger partial charge in [-0.3, -0.25) is 4.79 Å². The smallest absolute Gasteiger partial charge is 0.260 e. The minimum absolute atomic E-state index is 0.203. The van der Waals surface area contributed by atoms with Crippen molar-refractivity contribution in [3.63, 3.8) is 0 Å². The van der Waals surface area contributed by atoms with Crippen LogP contribution in [0.1, 0.15) is 6.92 Å². The van der Waals surface area contributed by atoms with Gasteiger partial charge in [0.2, 0.25) is 10.0 Å². The van der Waals surface area contributed by atoms with Gasteiger partial charge >= 0.3 is 0 Å². The van der Waals surface area contributed by atoms with E-state index in [1.807, 2.05) is 0 Å². The molecule has 0 saturated heterocycles. The number of ether oxygens (including phenoxy) is 1. The Morgan fingerprint density at radius 2 is 2.11 bits per heavy atom. The Morgan fingerprint density at radius 1 is 1.47 bits per heavy atom. The summed E-state index contributed by atoms with van der Waals surface area (Å²) in [6.45, 7) is 1.98. The van der Waals surface area contributed by atoms with Gasteiger partial charge in [-0.25, -0.2) is 17.9 Å². The average molecular weight is 290 g/mol. The fourth-order valence-electron chi connectivity index (χ4n) is 1.20. The van der Waals surface area contributed by atoms with Crippen molar-refractivity contribution in [1.82, 2.24) is 4.90 Å². The molecule has 0 aliphatic heterocycles. The van der Waals surface area contributed by atoms with Crippen LogP contribution in [0.15, 0.2) is 23.1 Å². The molecule has 1 aromatic carbocycles. The van der Waals surface area contributed by atoms with E-state index in [2.05, 4.69) is 0 Å². The Kier molecular flexibility index (Phi) is 4.84. The maximum atomic E-state index is 13.5. The second kappa shape index (κ2) is 5.98. The monoisotopic (exact) mass is 290 g/mol. The third kappa shape index (κ3) is 4.18. The van der Waals surface area contributed by atoms with Gasteiger partial charge in [0.25, 0.3) is 5.91 Å². The molecule has 1 aromatic rings. The highest BCUT2D eigenvalue weighted by atomic mass is 32.2. The quantitative estimate of drug-likeness (QED) is 0.846. The van der Waals surface area contributed by atoms with Gasteiger partial charge in [-0.2, -0.15) is 0 Å². The molecule has 6 nitrogen and oxygen atoms in total.